The highest BCUT2D eigenvalue weighted by Gasteiger charge is 2.27. The zero-order valence-corrected chi connectivity index (χ0v) is 13.6. The van der Waals surface area contributed by atoms with Gasteiger partial charge in [0, 0.05) is 18.7 Å². The summed E-state index contributed by atoms with van der Waals surface area (Å²) in [7, 11) is -1.67. The molecule has 0 aromatic heterocycles. The molecule has 3 unspecified atom stereocenters. The Morgan fingerprint density at radius 2 is 2.10 bits per heavy atom. The van der Waals surface area contributed by atoms with Crippen LogP contribution in [0.4, 0.5) is 0 Å². The molecule has 0 radical (unpaired) electrons. The predicted molar refractivity (Wildman–Crippen MR) is 82.7 cm³/mol. The number of sulfonamides is 1. The lowest BCUT2D eigenvalue weighted by molar-refractivity contribution is 0.0902. The van der Waals surface area contributed by atoms with Crippen LogP contribution in [0.25, 0.3) is 0 Å². The van der Waals surface area contributed by atoms with Gasteiger partial charge in [0.05, 0.1) is 11.0 Å². The zero-order chi connectivity index (χ0) is 15.5. The summed E-state index contributed by atoms with van der Waals surface area (Å²) in [5.41, 5.74) is 0.949. The number of hydrogen-bond donors (Lipinski definition) is 2. The second-order valence-electron chi connectivity index (χ2n) is 5.54. The van der Waals surface area contributed by atoms with Crippen LogP contribution in [0.3, 0.4) is 0 Å². The molecule has 0 bridgehead atoms. The highest BCUT2D eigenvalue weighted by molar-refractivity contribution is 7.89. The molecular formula is C15H24N2O3S. The van der Waals surface area contributed by atoms with Gasteiger partial charge in [-0.25, -0.2) is 13.1 Å². The molecule has 3 atom stereocenters. The van der Waals surface area contributed by atoms with E-state index in [1.165, 1.54) is 0 Å². The summed E-state index contributed by atoms with van der Waals surface area (Å²) in [6.45, 7) is 4.56. The molecule has 1 aromatic carbocycles. The standard InChI is InChI=1S/C15H24N2O3S/c1-11(16-3)13-6-4-7-14(10-13)21(18,19)17-12(2)15-8-5-9-20-15/h4,6-7,10-12,15-17H,5,8-9H2,1-3H3. The molecule has 5 nitrogen and oxygen atoms in total. The quantitative estimate of drug-likeness (QED) is 0.841. The smallest absolute Gasteiger partial charge is 0.240 e. The maximum atomic E-state index is 12.5. The molecule has 2 N–H and O–H groups in total. The summed E-state index contributed by atoms with van der Waals surface area (Å²) in [5.74, 6) is 0. The molecule has 0 aliphatic carbocycles. The summed E-state index contributed by atoms with van der Waals surface area (Å²) in [5, 5.41) is 3.11. The number of benzene rings is 1. The lowest BCUT2D eigenvalue weighted by Crippen LogP contribution is -2.40. The molecule has 1 aliphatic heterocycles. The van der Waals surface area contributed by atoms with Crippen molar-refractivity contribution in [3.05, 3.63) is 29.8 Å². The fourth-order valence-corrected chi connectivity index (χ4v) is 3.83. The topological polar surface area (TPSA) is 67.4 Å². The Morgan fingerprint density at radius 3 is 2.71 bits per heavy atom. The van der Waals surface area contributed by atoms with Gasteiger partial charge < -0.3 is 10.1 Å². The van der Waals surface area contributed by atoms with Crippen molar-refractivity contribution in [2.24, 2.45) is 0 Å². The maximum absolute atomic E-state index is 12.5. The van der Waals surface area contributed by atoms with Crippen LogP contribution < -0.4 is 10.0 Å². The normalized spacial score (nSPS) is 22.1. The van der Waals surface area contributed by atoms with Crippen LogP contribution in [0, 0.1) is 0 Å². The molecule has 1 aromatic rings. The second-order valence-corrected chi connectivity index (χ2v) is 7.26. The van der Waals surface area contributed by atoms with Crippen LogP contribution in [0.15, 0.2) is 29.2 Å². The van der Waals surface area contributed by atoms with Gasteiger partial charge in [0.15, 0.2) is 0 Å². The molecule has 2 rings (SSSR count). The lowest BCUT2D eigenvalue weighted by atomic mass is 10.1. The van der Waals surface area contributed by atoms with Crippen molar-refractivity contribution in [2.45, 2.75) is 49.8 Å². The van der Waals surface area contributed by atoms with Gasteiger partial charge in [0.2, 0.25) is 10.0 Å². The van der Waals surface area contributed by atoms with Crippen LogP contribution in [0.5, 0.6) is 0 Å². The van der Waals surface area contributed by atoms with Gasteiger partial charge in [-0.2, -0.15) is 0 Å². The van der Waals surface area contributed by atoms with Crippen molar-refractivity contribution in [3.63, 3.8) is 0 Å². The first-order valence-corrected chi connectivity index (χ1v) is 8.83. The van der Waals surface area contributed by atoms with Crippen molar-refractivity contribution in [2.75, 3.05) is 13.7 Å². The Morgan fingerprint density at radius 1 is 1.33 bits per heavy atom. The molecule has 1 aliphatic rings. The van der Waals surface area contributed by atoms with E-state index in [1.54, 1.807) is 18.2 Å². The van der Waals surface area contributed by atoms with E-state index in [0.29, 0.717) is 11.5 Å². The Bertz CT molecular complexity index is 568. The molecule has 1 fully saturated rings. The highest BCUT2D eigenvalue weighted by atomic mass is 32.2. The minimum atomic E-state index is -3.52. The van der Waals surface area contributed by atoms with Gasteiger partial charge >= 0.3 is 0 Å². The van der Waals surface area contributed by atoms with Gasteiger partial charge in [-0.15, -0.1) is 0 Å². The first-order valence-electron chi connectivity index (χ1n) is 7.35. The summed E-state index contributed by atoms with van der Waals surface area (Å²) < 4.78 is 33.2. The number of rotatable bonds is 6. The van der Waals surface area contributed by atoms with E-state index in [0.717, 1.165) is 18.4 Å². The Kier molecular flexibility index (Phi) is 5.37. The number of nitrogens with one attached hydrogen (secondary N) is 2. The fourth-order valence-electron chi connectivity index (χ4n) is 2.50. The first-order chi connectivity index (χ1) is 9.94. The molecule has 1 heterocycles. The summed E-state index contributed by atoms with van der Waals surface area (Å²) in [4.78, 5) is 0.298. The Labute approximate surface area is 127 Å². The van der Waals surface area contributed by atoms with Crippen LogP contribution in [0.2, 0.25) is 0 Å². The predicted octanol–water partition coefficient (Wildman–Crippen LogP) is 1.81. The third-order valence-corrected chi connectivity index (χ3v) is 5.52. The van der Waals surface area contributed by atoms with E-state index >= 15 is 0 Å². The third-order valence-electron chi connectivity index (χ3n) is 3.97. The summed E-state index contributed by atoms with van der Waals surface area (Å²) in [6, 6.07) is 6.92. The van der Waals surface area contributed by atoms with Gasteiger partial charge in [-0.3, -0.25) is 0 Å². The van der Waals surface area contributed by atoms with E-state index in [2.05, 4.69) is 10.0 Å². The molecule has 21 heavy (non-hydrogen) atoms. The minimum Gasteiger partial charge on any atom is -0.377 e. The molecule has 0 spiro atoms. The van der Waals surface area contributed by atoms with Gasteiger partial charge in [-0.1, -0.05) is 12.1 Å². The molecule has 1 saturated heterocycles. The van der Waals surface area contributed by atoms with E-state index < -0.39 is 10.0 Å². The van der Waals surface area contributed by atoms with E-state index in [4.69, 9.17) is 4.74 Å². The van der Waals surface area contributed by atoms with Crippen LogP contribution in [0.1, 0.15) is 38.3 Å². The maximum Gasteiger partial charge on any atom is 0.240 e. The largest absolute Gasteiger partial charge is 0.377 e. The molecule has 6 heteroatoms. The van der Waals surface area contributed by atoms with Gasteiger partial charge in [-0.05, 0) is 51.4 Å². The Balaban J connectivity index is 2.15. The van der Waals surface area contributed by atoms with E-state index in [9.17, 15) is 8.42 Å². The fraction of sp³-hybridized carbons (Fsp3) is 0.600. The SMILES string of the molecule is CNC(C)c1cccc(S(=O)(=O)NC(C)C2CCCO2)c1. The molecule has 118 valence electrons. The van der Waals surface area contributed by atoms with Crippen LogP contribution in [-0.2, 0) is 14.8 Å². The number of ether oxygens (including phenoxy) is 1. The number of hydrogen-bond acceptors (Lipinski definition) is 4. The van der Waals surface area contributed by atoms with E-state index in [-0.39, 0.29) is 18.2 Å². The Hall–Kier alpha value is -0.950. The third kappa shape index (κ3) is 4.03. The molecular weight excluding hydrogens is 288 g/mol. The highest BCUT2D eigenvalue weighted by Crippen LogP contribution is 2.20. The monoisotopic (exact) mass is 312 g/mol. The molecule has 0 amide bonds. The van der Waals surface area contributed by atoms with Crippen molar-refractivity contribution in [1.82, 2.24) is 10.0 Å². The lowest BCUT2D eigenvalue weighted by Gasteiger charge is -2.20. The average molecular weight is 312 g/mol. The molecule has 0 saturated carbocycles. The van der Waals surface area contributed by atoms with Crippen LogP contribution in [-0.4, -0.2) is 34.2 Å². The zero-order valence-electron chi connectivity index (χ0n) is 12.8. The summed E-state index contributed by atoms with van der Waals surface area (Å²) in [6.07, 6.45) is 1.87. The second kappa shape index (κ2) is 6.87. The summed E-state index contributed by atoms with van der Waals surface area (Å²) >= 11 is 0. The average Bonchev–Trinajstić information content (AvgIpc) is 3.00. The minimum absolute atomic E-state index is 0.0285. The van der Waals surface area contributed by atoms with Crippen molar-refractivity contribution < 1.29 is 13.2 Å². The van der Waals surface area contributed by atoms with E-state index in [1.807, 2.05) is 27.0 Å². The van der Waals surface area contributed by atoms with Crippen molar-refractivity contribution in [1.29, 1.82) is 0 Å². The van der Waals surface area contributed by atoms with Crippen molar-refractivity contribution >= 4 is 10.0 Å². The first kappa shape index (κ1) is 16.4. The van der Waals surface area contributed by atoms with Crippen molar-refractivity contribution in [3.8, 4) is 0 Å². The van der Waals surface area contributed by atoms with Gasteiger partial charge in [0.1, 0.15) is 0 Å². The van der Waals surface area contributed by atoms with Crippen LogP contribution >= 0.6 is 0 Å². The van der Waals surface area contributed by atoms with Gasteiger partial charge in [0.25, 0.3) is 0 Å².